The maximum absolute atomic E-state index is 13.9. The van der Waals surface area contributed by atoms with Gasteiger partial charge in [-0.1, -0.05) is 12.1 Å². The summed E-state index contributed by atoms with van der Waals surface area (Å²) < 4.78 is 30.9. The zero-order chi connectivity index (χ0) is 34.7. The summed E-state index contributed by atoms with van der Waals surface area (Å²) in [5, 5.41) is 51.6. The van der Waals surface area contributed by atoms with Crippen LogP contribution >= 0.6 is 12.2 Å². The largest absolute Gasteiger partial charge is 0.507 e. The molecule has 1 fully saturated rings. The SMILES string of the molecule is COc1cccc2c1C(=O)c1c(O)c3c(c(O)c1C2=O)C[C@@](O)(C(C)=O)C[C@@H]3OC1CC(NC(=S)Nc2ccc(F)cc2)C(O)C(C)O1. The second kappa shape index (κ2) is 12.5. The quantitative estimate of drug-likeness (QED) is 0.129. The van der Waals surface area contributed by atoms with Gasteiger partial charge in [0.15, 0.2) is 23.0 Å². The first-order valence-corrected chi connectivity index (χ1v) is 15.6. The molecular formula is C34H33FN2O10S. The van der Waals surface area contributed by atoms with Crippen molar-refractivity contribution in [3.05, 3.63) is 81.7 Å². The van der Waals surface area contributed by atoms with Gasteiger partial charge in [0.2, 0.25) is 5.78 Å². The second-order valence-electron chi connectivity index (χ2n) is 12.2. The monoisotopic (exact) mass is 680 g/mol. The zero-order valence-corrected chi connectivity index (χ0v) is 26.9. The van der Waals surface area contributed by atoms with Crippen molar-refractivity contribution in [3.63, 3.8) is 0 Å². The van der Waals surface area contributed by atoms with Gasteiger partial charge in [0.25, 0.3) is 0 Å². The highest BCUT2D eigenvalue weighted by Gasteiger charge is 2.49. The van der Waals surface area contributed by atoms with Gasteiger partial charge in [0.1, 0.15) is 34.8 Å². The van der Waals surface area contributed by atoms with E-state index in [9.17, 15) is 39.2 Å². The number of phenolic OH excluding ortho intramolecular Hbond substituents is 2. The number of Topliss-reactive ketones (excluding diaryl/α,β-unsaturated/α-hetero) is 1. The van der Waals surface area contributed by atoms with Gasteiger partial charge >= 0.3 is 0 Å². The third kappa shape index (κ3) is 5.69. The highest BCUT2D eigenvalue weighted by molar-refractivity contribution is 7.80. The fraction of sp³-hybridized carbons (Fsp3) is 0.353. The molecule has 14 heteroatoms. The average molecular weight is 681 g/mol. The number of ketones is 3. The van der Waals surface area contributed by atoms with Gasteiger partial charge in [-0.05, 0) is 56.4 Å². The lowest BCUT2D eigenvalue weighted by Crippen LogP contribution is -2.56. The molecule has 252 valence electrons. The maximum atomic E-state index is 13.9. The fourth-order valence-corrected chi connectivity index (χ4v) is 6.91. The number of nitrogens with one attached hydrogen (secondary N) is 2. The molecule has 3 aromatic carbocycles. The van der Waals surface area contributed by atoms with Crippen LogP contribution in [0.25, 0.3) is 0 Å². The summed E-state index contributed by atoms with van der Waals surface area (Å²) in [5.41, 5.74) is -2.82. The number of aliphatic hydroxyl groups is 2. The van der Waals surface area contributed by atoms with E-state index in [1.807, 2.05) is 0 Å². The number of thiocarbonyl (C=S) groups is 1. The van der Waals surface area contributed by atoms with Crippen LogP contribution in [0.1, 0.15) is 75.8 Å². The van der Waals surface area contributed by atoms with Crippen molar-refractivity contribution in [1.82, 2.24) is 5.32 Å². The molecule has 0 bridgehead atoms. The van der Waals surface area contributed by atoms with Gasteiger partial charge in [-0.2, -0.15) is 0 Å². The van der Waals surface area contributed by atoms with Gasteiger partial charge in [-0.25, -0.2) is 4.39 Å². The lowest BCUT2D eigenvalue weighted by molar-refractivity contribution is -0.248. The molecule has 1 heterocycles. The molecule has 2 aliphatic carbocycles. The number of phenols is 2. The molecule has 3 aliphatic rings. The number of aliphatic hydroxyl groups excluding tert-OH is 1. The second-order valence-corrected chi connectivity index (χ2v) is 12.6. The van der Waals surface area contributed by atoms with E-state index < -0.39 is 88.5 Å². The van der Waals surface area contributed by atoms with E-state index >= 15 is 0 Å². The molecule has 0 radical (unpaired) electrons. The number of benzene rings is 3. The Labute approximate surface area is 279 Å². The van der Waals surface area contributed by atoms with Crippen molar-refractivity contribution in [1.29, 1.82) is 0 Å². The lowest BCUT2D eigenvalue weighted by atomic mass is 9.72. The molecule has 6 N–H and O–H groups in total. The minimum atomic E-state index is -2.07. The molecule has 1 aliphatic heterocycles. The summed E-state index contributed by atoms with van der Waals surface area (Å²) in [6.07, 6.45) is -5.17. The van der Waals surface area contributed by atoms with Crippen molar-refractivity contribution in [3.8, 4) is 17.2 Å². The molecule has 6 rings (SSSR count). The van der Waals surface area contributed by atoms with Gasteiger partial charge in [-0.15, -0.1) is 0 Å². The number of fused-ring (bicyclic) bond motifs is 3. The Morgan fingerprint density at radius 1 is 1.06 bits per heavy atom. The third-order valence-corrected chi connectivity index (χ3v) is 9.39. The Hall–Kier alpha value is -4.47. The molecule has 12 nitrogen and oxygen atoms in total. The van der Waals surface area contributed by atoms with Gasteiger partial charge in [0, 0.05) is 41.6 Å². The van der Waals surface area contributed by atoms with Crippen LogP contribution in [-0.2, 0) is 20.7 Å². The normalized spacial score (nSPS) is 26.2. The number of ether oxygens (including phenoxy) is 3. The molecule has 48 heavy (non-hydrogen) atoms. The molecule has 3 aromatic rings. The van der Waals surface area contributed by atoms with Crippen molar-refractivity contribution >= 4 is 40.4 Å². The summed E-state index contributed by atoms with van der Waals surface area (Å²) in [4.78, 5) is 40.3. The molecule has 1 saturated heterocycles. The van der Waals surface area contributed by atoms with Crippen LogP contribution < -0.4 is 15.4 Å². The average Bonchev–Trinajstić information content (AvgIpc) is 3.04. The summed E-state index contributed by atoms with van der Waals surface area (Å²) in [6.45, 7) is 2.76. The van der Waals surface area contributed by atoms with Gasteiger partial charge in [-0.3, -0.25) is 14.4 Å². The smallest absolute Gasteiger partial charge is 0.202 e. The Balaban J connectivity index is 1.35. The molecule has 0 amide bonds. The Morgan fingerprint density at radius 2 is 1.75 bits per heavy atom. The number of carbonyl (C=O) groups excluding carboxylic acids is 3. The first-order chi connectivity index (χ1) is 22.7. The predicted molar refractivity (Wildman–Crippen MR) is 172 cm³/mol. The summed E-state index contributed by atoms with van der Waals surface area (Å²) >= 11 is 5.40. The van der Waals surface area contributed by atoms with Crippen molar-refractivity contribution < 1.29 is 53.4 Å². The van der Waals surface area contributed by atoms with Crippen molar-refractivity contribution in [2.24, 2.45) is 0 Å². The molecule has 0 saturated carbocycles. The molecule has 0 aromatic heterocycles. The van der Waals surface area contributed by atoms with Crippen LogP contribution in [0.15, 0.2) is 42.5 Å². The van der Waals surface area contributed by atoms with Crippen LogP contribution in [0.4, 0.5) is 10.1 Å². The lowest BCUT2D eigenvalue weighted by Gasteiger charge is -2.43. The number of methoxy groups -OCH3 is 1. The number of rotatable bonds is 6. The van der Waals surface area contributed by atoms with Gasteiger partial charge < -0.3 is 45.3 Å². The van der Waals surface area contributed by atoms with Crippen molar-refractivity contribution in [2.75, 3.05) is 12.4 Å². The van der Waals surface area contributed by atoms with E-state index in [-0.39, 0.29) is 46.0 Å². The van der Waals surface area contributed by atoms with Gasteiger partial charge in [0.05, 0.1) is 42.0 Å². The minimum absolute atomic E-state index is 0.0131. The predicted octanol–water partition coefficient (Wildman–Crippen LogP) is 3.20. The topological polar surface area (TPSA) is 184 Å². The summed E-state index contributed by atoms with van der Waals surface area (Å²) in [7, 11) is 1.33. The first kappa shape index (κ1) is 33.4. The van der Waals surface area contributed by atoms with E-state index in [1.165, 1.54) is 56.5 Å². The standard InChI is InChI=1S/C34H33FN2O10S/c1-14-28(39)20(37-33(48)36-17-9-7-16(35)8-10-17)11-23(46-14)47-22-13-34(44,15(2)38)12-19-25(22)32(43)27-26(30(19)41)29(40)18-5-4-6-21(45-3)24(18)31(27)42/h4-10,14,20,22-23,28,39,41,43-44H,11-13H2,1-3H3,(H2,36,37,48)/t14?,20?,22-,23?,28?,34-/m0/s1. The molecular weight excluding hydrogens is 647 g/mol. The summed E-state index contributed by atoms with van der Waals surface area (Å²) in [5.74, 6) is -3.80. The highest BCUT2D eigenvalue weighted by atomic mass is 32.1. The van der Waals surface area contributed by atoms with E-state index in [0.29, 0.717) is 5.69 Å². The minimum Gasteiger partial charge on any atom is -0.507 e. The van der Waals surface area contributed by atoms with E-state index in [0.717, 1.165) is 0 Å². The van der Waals surface area contributed by atoms with Crippen LogP contribution in [-0.4, -0.2) is 80.1 Å². The molecule has 6 atom stereocenters. The zero-order valence-electron chi connectivity index (χ0n) is 26.1. The molecule has 4 unspecified atom stereocenters. The first-order valence-electron chi connectivity index (χ1n) is 15.2. The van der Waals surface area contributed by atoms with E-state index in [4.69, 9.17) is 26.4 Å². The van der Waals surface area contributed by atoms with Crippen LogP contribution in [0.5, 0.6) is 17.2 Å². The number of carbonyl (C=O) groups is 3. The van der Waals surface area contributed by atoms with E-state index in [1.54, 1.807) is 6.92 Å². The van der Waals surface area contributed by atoms with Crippen LogP contribution in [0.2, 0.25) is 0 Å². The highest BCUT2D eigenvalue weighted by Crippen LogP contribution is 2.52. The third-order valence-electron chi connectivity index (χ3n) is 9.17. The number of anilines is 1. The maximum Gasteiger partial charge on any atom is 0.202 e. The van der Waals surface area contributed by atoms with Crippen LogP contribution in [0, 0.1) is 5.82 Å². The van der Waals surface area contributed by atoms with E-state index in [2.05, 4.69) is 10.6 Å². The number of aromatic hydroxyl groups is 2. The Bertz CT molecular complexity index is 1850. The Morgan fingerprint density at radius 3 is 2.42 bits per heavy atom. The number of halogens is 1. The van der Waals surface area contributed by atoms with Crippen molar-refractivity contribution in [2.45, 2.75) is 69.4 Å². The number of hydrogen-bond donors (Lipinski definition) is 6. The van der Waals surface area contributed by atoms with Crippen LogP contribution in [0.3, 0.4) is 0 Å². The molecule has 0 spiro atoms. The fourth-order valence-electron chi connectivity index (χ4n) is 6.64. The number of hydrogen-bond acceptors (Lipinski definition) is 11. The Kier molecular flexibility index (Phi) is 8.72. The summed E-state index contributed by atoms with van der Waals surface area (Å²) in [6, 6.07) is 9.16.